The van der Waals surface area contributed by atoms with E-state index in [0.717, 1.165) is 37.0 Å². The number of imidazole rings is 1. The number of hydrogen-bond donors (Lipinski definition) is 0. The highest BCUT2D eigenvalue weighted by Crippen LogP contribution is 2.34. The maximum absolute atomic E-state index is 13.1. The average molecular weight is 503 g/mol. The van der Waals surface area contributed by atoms with E-state index in [1.54, 1.807) is 20.4 Å². The van der Waals surface area contributed by atoms with Gasteiger partial charge in [0.15, 0.2) is 23.1 Å². The van der Waals surface area contributed by atoms with Gasteiger partial charge in [0.05, 0.1) is 13.3 Å². The highest BCUT2D eigenvalue weighted by Gasteiger charge is 2.35. The van der Waals surface area contributed by atoms with Crippen molar-refractivity contribution in [3.8, 4) is 17.1 Å². The molecule has 2 aromatic heterocycles. The van der Waals surface area contributed by atoms with Crippen LogP contribution in [0.25, 0.3) is 11.4 Å². The largest absolute Gasteiger partial charge is 0.491 e. The zero-order valence-electron chi connectivity index (χ0n) is 21.4. The van der Waals surface area contributed by atoms with E-state index >= 15 is 0 Å². The molecular formula is C26H33F3N6O. The summed E-state index contributed by atoms with van der Waals surface area (Å²) >= 11 is 0. The summed E-state index contributed by atoms with van der Waals surface area (Å²) in [4.78, 5) is 17.3. The van der Waals surface area contributed by atoms with Gasteiger partial charge in [-0.25, -0.2) is 15.0 Å². The van der Waals surface area contributed by atoms with E-state index in [4.69, 9.17) is 9.72 Å². The van der Waals surface area contributed by atoms with Gasteiger partial charge in [0.1, 0.15) is 0 Å². The number of methoxy groups -OCH3 is 1. The quantitative estimate of drug-likeness (QED) is 0.432. The fourth-order valence-electron chi connectivity index (χ4n) is 4.79. The van der Waals surface area contributed by atoms with E-state index in [-0.39, 0.29) is 0 Å². The number of aryl methyl sites for hydroxylation is 1. The summed E-state index contributed by atoms with van der Waals surface area (Å²) in [5, 5.41) is 0. The molecule has 0 amide bonds. The molecule has 0 spiro atoms. The minimum absolute atomic E-state index is 0.337. The first-order valence-corrected chi connectivity index (χ1v) is 12.2. The van der Waals surface area contributed by atoms with E-state index in [9.17, 15) is 13.2 Å². The first-order chi connectivity index (χ1) is 17.1. The smallest absolute Gasteiger partial charge is 0.434 e. The van der Waals surface area contributed by atoms with E-state index < -0.39 is 11.9 Å². The Kier molecular flexibility index (Phi) is 7.42. The van der Waals surface area contributed by atoms with Crippen molar-refractivity contribution < 1.29 is 17.9 Å². The Bertz CT molecular complexity index is 1180. The number of hydrogen-bond acceptors (Lipinski definition) is 6. The summed E-state index contributed by atoms with van der Waals surface area (Å²) in [6.07, 6.45) is 0.00491. The molecule has 0 bridgehead atoms. The summed E-state index contributed by atoms with van der Waals surface area (Å²) in [5.41, 5.74) is 1.34. The average Bonchev–Trinajstić information content (AvgIpc) is 3.26. The minimum Gasteiger partial charge on any atom is -0.491 e. The molecule has 1 saturated heterocycles. The summed E-state index contributed by atoms with van der Waals surface area (Å²) in [6, 6.07) is 8.16. The Balaban J connectivity index is 1.47. The number of anilines is 2. The van der Waals surface area contributed by atoms with E-state index in [1.807, 2.05) is 30.1 Å². The van der Waals surface area contributed by atoms with Gasteiger partial charge < -0.3 is 19.1 Å². The summed E-state index contributed by atoms with van der Waals surface area (Å²) < 4.78 is 46.2. The predicted molar refractivity (Wildman–Crippen MR) is 135 cm³/mol. The maximum atomic E-state index is 13.1. The molecule has 10 heteroatoms. The van der Waals surface area contributed by atoms with Crippen LogP contribution in [0.5, 0.6) is 5.75 Å². The van der Waals surface area contributed by atoms with Crippen LogP contribution in [0, 0.1) is 5.92 Å². The molecule has 3 heterocycles. The lowest BCUT2D eigenvalue weighted by atomic mass is 9.96. The van der Waals surface area contributed by atoms with Crippen molar-refractivity contribution in [1.29, 1.82) is 0 Å². The molecule has 0 N–H and O–H groups in total. The van der Waals surface area contributed by atoms with Crippen molar-refractivity contribution in [2.45, 2.75) is 38.8 Å². The lowest BCUT2D eigenvalue weighted by Crippen LogP contribution is -2.39. The van der Waals surface area contributed by atoms with E-state index in [0.29, 0.717) is 42.4 Å². The van der Waals surface area contributed by atoms with Crippen LogP contribution in [0.2, 0.25) is 0 Å². The molecule has 4 rings (SSSR count). The van der Waals surface area contributed by atoms with Gasteiger partial charge in [0.2, 0.25) is 5.95 Å². The summed E-state index contributed by atoms with van der Waals surface area (Å²) in [6.45, 7) is 6.34. The van der Waals surface area contributed by atoms with Gasteiger partial charge >= 0.3 is 6.18 Å². The molecule has 0 radical (unpaired) electrons. The highest BCUT2D eigenvalue weighted by molar-refractivity contribution is 5.64. The second-order valence-electron chi connectivity index (χ2n) is 9.67. The van der Waals surface area contributed by atoms with Crippen LogP contribution in [0.3, 0.4) is 0 Å². The fourth-order valence-corrected chi connectivity index (χ4v) is 4.79. The Hall–Kier alpha value is -3.30. The van der Waals surface area contributed by atoms with Crippen LogP contribution >= 0.6 is 0 Å². The number of halogens is 3. The van der Waals surface area contributed by atoms with E-state index in [2.05, 4.69) is 34.8 Å². The molecule has 1 aliphatic rings. The third-order valence-electron chi connectivity index (χ3n) is 6.71. The first kappa shape index (κ1) is 25.8. The van der Waals surface area contributed by atoms with Gasteiger partial charge in [0, 0.05) is 45.5 Å². The zero-order chi connectivity index (χ0) is 26.0. The summed E-state index contributed by atoms with van der Waals surface area (Å²) in [7, 11) is 5.20. The Morgan fingerprint density at radius 3 is 2.44 bits per heavy atom. The molecule has 0 atom stereocenters. The minimum atomic E-state index is -4.44. The third-order valence-corrected chi connectivity index (χ3v) is 6.71. The number of ether oxygens (including phenoxy) is 1. The van der Waals surface area contributed by atoms with Crippen molar-refractivity contribution in [2.75, 3.05) is 43.6 Å². The topological polar surface area (TPSA) is 59.3 Å². The lowest BCUT2D eigenvalue weighted by Gasteiger charge is -2.34. The summed E-state index contributed by atoms with van der Waals surface area (Å²) in [5.74, 6) is 3.05. The molecule has 1 aliphatic heterocycles. The van der Waals surface area contributed by atoms with Crippen molar-refractivity contribution in [1.82, 2.24) is 19.5 Å². The van der Waals surface area contributed by atoms with Crippen molar-refractivity contribution in [2.24, 2.45) is 13.0 Å². The standard InChI is InChI=1S/C26H33F3N6O/c1-17(2)19-8-6-7-9-20(19)23-30-14-21(36-5)24(32-23)33(3)15-18-10-12-35(13-11-18)25-31-22(16-34(25)4)26(27,28)29/h6-9,14,16-18H,10-13,15H2,1-5H3. The Labute approximate surface area is 209 Å². The SMILES string of the molecule is COc1cnc(-c2ccccc2C(C)C)nc1N(C)CC1CCN(c2nc(C(F)(F)F)cn2C)CC1. The monoisotopic (exact) mass is 502 g/mol. The van der Waals surface area contributed by atoms with Crippen LogP contribution in [0.15, 0.2) is 36.7 Å². The fraction of sp³-hybridized carbons (Fsp3) is 0.500. The van der Waals surface area contributed by atoms with Gasteiger partial charge in [-0.1, -0.05) is 38.1 Å². The number of rotatable bonds is 7. The third kappa shape index (κ3) is 5.42. The van der Waals surface area contributed by atoms with Gasteiger partial charge in [-0.2, -0.15) is 13.2 Å². The van der Waals surface area contributed by atoms with Gasteiger partial charge in [0.25, 0.3) is 0 Å². The zero-order valence-corrected chi connectivity index (χ0v) is 21.4. The molecule has 1 aromatic carbocycles. The van der Waals surface area contributed by atoms with Crippen LogP contribution < -0.4 is 14.5 Å². The number of piperidine rings is 1. The van der Waals surface area contributed by atoms with Crippen LogP contribution in [0.4, 0.5) is 24.9 Å². The van der Waals surface area contributed by atoms with Gasteiger partial charge in [-0.15, -0.1) is 0 Å². The second-order valence-corrected chi connectivity index (χ2v) is 9.67. The molecule has 1 fully saturated rings. The first-order valence-electron chi connectivity index (χ1n) is 12.2. The second kappa shape index (κ2) is 10.4. The van der Waals surface area contributed by atoms with Crippen LogP contribution in [0.1, 0.15) is 43.9 Å². The molecule has 3 aromatic rings. The number of aromatic nitrogens is 4. The molecule has 0 saturated carbocycles. The highest BCUT2D eigenvalue weighted by atomic mass is 19.4. The molecule has 0 unspecified atom stereocenters. The predicted octanol–water partition coefficient (Wildman–Crippen LogP) is 5.38. The maximum Gasteiger partial charge on any atom is 0.434 e. The molecule has 7 nitrogen and oxygen atoms in total. The van der Waals surface area contributed by atoms with Crippen molar-refractivity contribution >= 4 is 11.8 Å². The molecule has 0 aliphatic carbocycles. The molecular weight excluding hydrogens is 469 g/mol. The van der Waals surface area contributed by atoms with Crippen LogP contribution in [-0.2, 0) is 13.2 Å². The number of benzene rings is 1. The molecule has 36 heavy (non-hydrogen) atoms. The number of nitrogens with zero attached hydrogens (tertiary/aromatic N) is 6. The van der Waals surface area contributed by atoms with E-state index in [1.165, 1.54) is 10.1 Å². The molecule has 194 valence electrons. The Morgan fingerprint density at radius 1 is 1.14 bits per heavy atom. The van der Waals surface area contributed by atoms with Gasteiger partial charge in [-0.3, -0.25) is 0 Å². The Morgan fingerprint density at radius 2 is 1.83 bits per heavy atom. The van der Waals surface area contributed by atoms with Gasteiger partial charge in [-0.05, 0) is 30.2 Å². The van der Waals surface area contributed by atoms with Crippen molar-refractivity contribution in [3.63, 3.8) is 0 Å². The normalized spacial score (nSPS) is 15.0. The number of alkyl halides is 3. The van der Waals surface area contributed by atoms with Crippen molar-refractivity contribution in [3.05, 3.63) is 47.9 Å². The van der Waals surface area contributed by atoms with Crippen LogP contribution in [-0.4, -0.2) is 53.3 Å². The lowest BCUT2D eigenvalue weighted by molar-refractivity contribution is -0.140.